The topological polar surface area (TPSA) is 34.1 Å². The Morgan fingerprint density at radius 3 is 1.88 bits per heavy atom. The summed E-state index contributed by atoms with van der Waals surface area (Å²) in [6.45, 7) is 0. The first-order chi connectivity index (χ1) is 7.92. The van der Waals surface area contributed by atoms with Crippen LogP contribution in [0.3, 0.4) is 0 Å². The third-order valence-electron chi connectivity index (χ3n) is 4.80. The summed E-state index contributed by atoms with van der Waals surface area (Å²) >= 11 is 6.21. The molecule has 0 spiro atoms. The Balaban J connectivity index is 1.87. The average molecular weight is 295 g/mol. The molecule has 4 aliphatic carbocycles. The standard InChI is InChI=1S/C12H16Cl2O2S/c13-11(6-17(14,15)16)12-9-2-7-1-8(4-9)5-10(12)3-7/h6-10,12H,1-5H2/b11-6-. The largest absolute Gasteiger partial charge is 0.255 e. The van der Waals surface area contributed by atoms with Gasteiger partial charge in [0.1, 0.15) is 0 Å². The van der Waals surface area contributed by atoms with Gasteiger partial charge < -0.3 is 0 Å². The van der Waals surface area contributed by atoms with Gasteiger partial charge in [0, 0.05) is 21.6 Å². The van der Waals surface area contributed by atoms with Crippen LogP contribution in [0, 0.1) is 29.6 Å². The van der Waals surface area contributed by atoms with Crippen LogP contribution >= 0.6 is 22.3 Å². The molecule has 2 nitrogen and oxygen atoms in total. The molecule has 4 aliphatic rings. The zero-order chi connectivity index (χ0) is 12.2. The molecule has 0 aromatic rings. The number of hydrogen-bond donors (Lipinski definition) is 0. The lowest BCUT2D eigenvalue weighted by atomic mass is 9.52. The van der Waals surface area contributed by atoms with Crippen molar-refractivity contribution in [1.29, 1.82) is 0 Å². The van der Waals surface area contributed by atoms with Gasteiger partial charge in [-0.2, -0.15) is 0 Å². The van der Waals surface area contributed by atoms with Gasteiger partial charge in [-0.1, -0.05) is 11.6 Å². The van der Waals surface area contributed by atoms with E-state index in [-0.39, 0.29) is 5.92 Å². The van der Waals surface area contributed by atoms with Gasteiger partial charge in [0.2, 0.25) is 0 Å². The summed E-state index contributed by atoms with van der Waals surface area (Å²) in [5, 5.41) is 1.53. The number of halogens is 2. The van der Waals surface area contributed by atoms with Crippen molar-refractivity contribution in [1.82, 2.24) is 0 Å². The smallest absolute Gasteiger partial charge is 0.207 e. The van der Waals surface area contributed by atoms with Crippen molar-refractivity contribution in [2.45, 2.75) is 32.1 Å². The summed E-state index contributed by atoms with van der Waals surface area (Å²) in [4.78, 5) is 0. The molecule has 96 valence electrons. The predicted molar refractivity (Wildman–Crippen MR) is 69.2 cm³/mol. The summed E-state index contributed by atoms with van der Waals surface area (Å²) in [5.41, 5.74) is 0. The fraction of sp³-hybridized carbons (Fsp3) is 0.833. The van der Waals surface area contributed by atoms with E-state index in [0.29, 0.717) is 16.9 Å². The fourth-order valence-electron chi connectivity index (χ4n) is 4.59. The second-order valence-corrected chi connectivity index (χ2v) is 8.85. The van der Waals surface area contributed by atoms with Gasteiger partial charge in [0.05, 0.1) is 5.41 Å². The molecule has 0 atom stereocenters. The highest BCUT2D eigenvalue weighted by atomic mass is 35.7. The molecule has 0 radical (unpaired) electrons. The van der Waals surface area contributed by atoms with Crippen molar-refractivity contribution in [3.8, 4) is 0 Å². The lowest BCUT2D eigenvalue weighted by molar-refractivity contribution is -0.0178. The third-order valence-corrected chi connectivity index (χ3v) is 6.09. The zero-order valence-corrected chi connectivity index (χ0v) is 11.8. The SMILES string of the molecule is O=S(=O)(Cl)/C=C(\Cl)C1C2CC3CC(C2)CC1C3. The number of allylic oxidation sites excluding steroid dienone is 1. The first kappa shape index (κ1) is 12.3. The van der Waals surface area contributed by atoms with E-state index in [2.05, 4.69) is 0 Å². The van der Waals surface area contributed by atoms with Crippen LogP contribution in [0.25, 0.3) is 0 Å². The van der Waals surface area contributed by atoms with Gasteiger partial charge in [-0.15, -0.1) is 0 Å². The first-order valence-corrected chi connectivity index (χ1v) is 8.99. The van der Waals surface area contributed by atoms with Gasteiger partial charge in [0.25, 0.3) is 9.05 Å². The average Bonchev–Trinajstić information content (AvgIpc) is 2.11. The number of hydrogen-bond acceptors (Lipinski definition) is 2. The highest BCUT2D eigenvalue weighted by Crippen LogP contribution is 2.58. The van der Waals surface area contributed by atoms with E-state index in [1.807, 2.05) is 0 Å². The van der Waals surface area contributed by atoms with Crippen LogP contribution in [0.4, 0.5) is 0 Å². The van der Waals surface area contributed by atoms with Crippen molar-refractivity contribution >= 4 is 31.3 Å². The van der Waals surface area contributed by atoms with Crippen LogP contribution < -0.4 is 0 Å². The summed E-state index contributed by atoms with van der Waals surface area (Å²) in [7, 11) is 1.62. The van der Waals surface area contributed by atoms with Crippen LogP contribution in [-0.4, -0.2) is 8.42 Å². The normalized spacial score (nSPS) is 45.3. The highest BCUT2D eigenvalue weighted by molar-refractivity contribution is 8.16. The molecule has 0 unspecified atom stereocenters. The molecule has 0 amide bonds. The second kappa shape index (κ2) is 4.14. The van der Waals surface area contributed by atoms with Crippen molar-refractivity contribution in [2.24, 2.45) is 29.6 Å². The van der Waals surface area contributed by atoms with E-state index >= 15 is 0 Å². The Morgan fingerprint density at radius 2 is 1.47 bits per heavy atom. The van der Waals surface area contributed by atoms with Crippen molar-refractivity contribution in [3.63, 3.8) is 0 Å². The fourth-order valence-corrected chi connectivity index (χ4v) is 6.15. The molecule has 0 saturated heterocycles. The molecule has 5 heteroatoms. The highest BCUT2D eigenvalue weighted by Gasteiger charge is 2.49. The minimum absolute atomic E-state index is 0.248. The molecular weight excluding hydrogens is 279 g/mol. The summed E-state index contributed by atoms with van der Waals surface area (Å²) in [6.07, 6.45) is 6.29. The summed E-state index contributed by atoms with van der Waals surface area (Å²) in [5.74, 6) is 3.16. The lowest BCUT2D eigenvalue weighted by Gasteiger charge is -2.54. The zero-order valence-electron chi connectivity index (χ0n) is 9.48. The molecule has 0 N–H and O–H groups in total. The minimum atomic E-state index is -3.63. The minimum Gasteiger partial charge on any atom is -0.207 e. The van der Waals surface area contributed by atoms with Crippen molar-refractivity contribution in [2.75, 3.05) is 0 Å². The molecule has 4 fully saturated rings. The molecule has 4 bridgehead atoms. The molecule has 17 heavy (non-hydrogen) atoms. The van der Waals surface area contributed by atoms with Crippen LogP contribution in [-0.2, 0) is 9.05 Å². The quantitative estimate of drug-likeness (QED) is 0.728. The van der Waals surface area contributed by atoms with E-state index in [4.69, 9.17) is 22.3 Å². The van der Waals surface area contributed by atoms with Crippen molar-refractivity contribution in [3.05, 3.63) is 10.4 Å². The monoisotopic (exact) mass is 294 g/mol. The van der Waals surface area contributed by atoms with E-state index in [9.17, 15) is 8.42 Å². The van der Waals surface area contributed by atoms with Crippen LogP contribution in [0.2, 0.25) is 0 Å². The Kier molecular flexibility index (Phi) is 3.00. The van der Waals surface area contributed by atoms with E-state index < -0.39 is 9.05 Å². The molecule has 4 rings (SSSR count). The maximum atomic E-state index is 11.1. The molecule has 0 aliphatic heterocycles. The Bertz CT molecular complexity index is 427. The number of rotatable bonds is 2. The maximum Gasteiger partial charge on any atom is 0.255 e. The van der Waals surface area contributed by atoms with Gasteiger partial charge in [-0.3, -0.25) is 0 Å². The maximum absolute atomic E-state index is 11.1. The molecule has 0 aromatic carbocycles. The molecule has 0 heterocycles. The van der Waals surface area contributed by atoms with Crippen LogP contribution in [0.5, 0.6) is 0 Å². The van der Waals surface area contributed by atoms with E-state index in [1.54, 1.807) is 0 Å². The summed E-state index contributed by atoms with van der Waals surface area (Å²) in [6, 6.07) is 0. The van der Waals surface area contributed by atoms with Gasteiger partial charge in [-0.25, -0.2) is 8.42 Å². The van der Waals surface area contributed by atoms with E-state index in [1.165, 1.54) is 32.1 Å². The third kappa shape index (κ3) is 2.39. The lowest BCUT2D eigenvalue weighted by Crippen LogP contribution is -2.45. The second-order valence-electron chi connectivity index (χ2n) is 5.93. The van der Waals surface area contributed by atoms with Crippen molar-refractivity contribution < 1.29 is 8.42 Å². The summed E-state index contributed by atoms with van der Waals surface area (Å²) < 4.78 is 22.2. The molecule has 0 aromatic heterocycles. The Hall–Kier alpha value is 0.270. The molecular formula is C12H16Cl2O2S. The van der Waals surface area contributed by atoms with Gasteiger partial charge in [-0.05, 0) is 55.8 Å². The predicted octanol–water partition coefficient (Wildman–Crippen LogP) is 3.71. The van der Waals surface area contributed by atoms with Crippen LogP contribution in [0.15, 0.2) is 10.4 Å². The Labute approximate surface area is 112 Å². The Morgan fingerprint density at radius 1 is 1.00 bits per heavy atom. The molecule has 4 saturated carbocycles. The van der Waals surface area contributed by atoms with Crippen LogP contribution in [0.1, 0.15) is 32.1 Å². The van der Waals surface area contributed by atoms with E-state index in [0.717, 1.165) is 17.2 Å². The van der Waals surface area contributed by atoms with Gasteiger partial charge in [0.15, 0.2) is 0 Å². The first-order valence-electron chi connectivity index (χ1n) is 6.24. The van der Waals surface area contributed by atoms with Gasteiger partial charge >= 0.3 is 0 Å².